The summed E-state index contributed by atoms with van der Waals surface area (Å²) in [6.07, 6.45) is -1.18. The van der Waals surface area contributed by atoms with Crippen LogP contribution in [-0.4, -0.2) is 30.2 Å². The van der Waals surface area contributed by atoms with E-state index in [2.05, 4.69) is 5.32 Å². The van der Waals surface area contributed by atoms with Gasteiger partial charge in [-0.05, 0) is 12.8 Å². The highest BCUT2D eigenvalue weighted by atomic mass is 19.3. The van der Waals surface area contributed by atoms with Gasteiger partial charge in [0.05, 0.1) is 12.1 Å². The van der Waals surface area contributed by atoms with Gasteiger partial charge in [-0.15, -0.1) is 0 Å². The molecule has 0 rings (SSSR count). The van der Waals surface area contributed by atoms with Gasteiger partial charge >= 0.3 is 0 Å². The lowest BCUT2D eigenvalue weighted by atomic mass is 9.98. The number of hydrogen-bond acceptors (Lipinski definition) is 2. The van der Waals surface area contributed by atoms with Gasteiger partial charge in [-0.25, -0.2) is 8.78 Å². The topological polar surface area (TPSA) is 32.3 Å². The van der Waals surface area contributed by atoms with E-state index in [-0.39, 0.29) is 13.1 Å². The minimum Gasteiger partial charge on any atom is -0.389 e. The van der Waals surface area contributed by atoms with Crippen LogP contribution in [0.15, 0.2) is 0 Å². The van der Waals surface area contributed by atoms with Gasteiger partial charge in [-0.1, -0.05) is 13.8 Å². The van der Waals surface area contributed by atoms with E-state index in [0.29, 0.717) is 12.8 Å². The minimum absolute atomic E-state index is 0.240. The highest BCUT2D eigenvalue weighted by Gasteiger charge is 2.21. The highest BCUT2D eigenvalue weighted by Crippen LogP contribution is 2.12. The molecule has 0 unspecified atom stereocenters. The van der Waals surface area contributed by atoms with E-state index in [0.717, 1.165) is 0 Å². The molecule has 4 heteroatoms. The van der Waals surface area contributed by atoms with Crippen molar-refractivity contribution in [3.05, 3.63) is 0 Å². The van der Waals surface area contributed by atoms with Gasteiger partial charge in [0, 0.05) is 6.54 Å². The summed E-state index contributed by atoms with van der Waals surface area (Å²) in [5, 5.41) is 12.2. The molecule has 2 nitrogen and oxygen atoms in total. The third-order valence-corrected chi connectivity index (χ3v) is 2.07. The molecule has 0 bridgehead atoms. The van der Waals surface area contributed by atoms with Crippen molar-refractivity contribution in [2.45, 2.75) is 38.7 Å². The average molecular weight is 181 g/mol. The van der Waals surface area contributed by atoms with Crippen LogP contribution in [-0.2, 0) is 0 Å². The Morgan fingerprint density at radius 1 is 1.33 bits per heavy atom. The second-order valence-corrected chi connectivity index (χ2v) is 2.95. The smallest absolute Gasteiger partial charge is 0.250 e. The molecule has 0 aromatic carbocycles. The van der Waals surface area contributed by atoms with Crippen molar-refractivity contribution in [3.8, 4) is 0 Å². The SMILES string of the molecule is CCC(O)(CC)CNCC(F)F. The molecular formula is C8H17F2NO. The van der Waals surface area contributed by atoms with Crippen LogP contribution in [0.4, 0.5) is 8.78 Å². The van der Waals surface area contributed by atoms with Gasteiger partial charge < -0.3 is 10.4 Å². The molecule has 12 heavy (non-hydrogen) atoms. The Kier molecular flexibility index (Phi) is 5.33. The van der Waals surface area contributed by atoms with Gasteiger partial charge in [0.1, 0.15) is 0 Å². The summed E-state index contributed by atoms with van der Waals surface area (Å²) >= 11 is 0. The number of halogens is 2. The molecule has 0 aliphatic heterocycles. The van der Waals surface area contributed by atoms with Crippen LogP contribution in [0.1, 0.15) is 26.7 Å². The van der Waals surface area contributed by atoms with E-state index in [1.807, 2.05) is 13.8 Å². The van der Waals surface area contributed by atoms with Gasteiger partial charge in [-0.3, -0.25) is 0 Å². The Balaban J connectivity index is 3.58. The maximum absolute atomic E-state index is 11.7. The molecule has 2 N–H and O–H groups in total. The van der Waals surface area contributed by atoms with Crippen molar-refractivity contribution < 1.29 is 13.9 Å². The predicted octanol–water partition coefficient (Wildman–Crippen LogP) is 1.39. The molecule has 0 aliphatic carbocycles. The fraction of sp³-hybridized carbons (Fsp3) is 1.00. The number of alkyl halides is 2. The monoisotopic (exact) mass is 181 g/mol. The van der Waals surface area contributed by atoms with Crippen LogP contribution >= 0.6 is 0 Å². The molecule has 0 spiro atoms. The third-order valence-electron chi connectivity index (χ3n) is 2.07. The number of aliphatic hydroxyl groups is 1. The van der Waals surface area contributed by atoms with Crippen molar-refractivity contribution in [1.29, 1.82) is 0 Å². The Morgan fingerprint density at radius 2 is 1.83 bits per heavy atom. The van der Waals surface area contributed by atoms with Gasteiger partial charge in [0.15, 0.2) is 0 Å². The summed E-state index contributed by atoms with van der Waals surface area (Å²) in [6, 6.07) is 0. The van der Waals surface area contributed by atoms with Crippen LogP contribution in [0.5, 0.6) is 0 Å². The molecule has 0 radical (unpaired) electrons. The molecule has 0 aromatic rings. The largest absolute Gasteiger partial charge is 0.389 e. The predicted molar refractivity (Wildman–Crippen MR) is 44.4 cm³/mol. The molecule has 0 atom stereocenters. The summed E-state index contributed by atoms with van der Waals surface area (Å²) in [5.41, 5.74) is -0.825. The van der Waals surface area contributed by atoms with Gasteiger partial charge in [-0.2, -0.15) is 0 Å². The zero-order chi connectivity index (χ0) is 9.61. The molecule has 0 aromatic heterocycles. The fourth-order valence-electron chi connectivity index (χ4n) is 0.914. The van der Waals surface area contributed by atoms with E-state index in [4.69, 9.17) is 0 Å². The van der Waals surface area contributed by atoms with E-state index < -0.39 is 12.0 Å². The maximum atomic E-state index is 11.7. The van der Waals surface area contributed by atoms with Crippen LogP contribution in [0.3, 0.4) is 0 Å². The van der Waals surface area contributed by atoms with Crippen LogP contribution in [0.2, 0.25) is 0 Å². The molecular weight excluding hydrogens is 164 g/mol. The Bertz CT molecular complexity index is 116. The first-order valence-corrected chi connectivity index (χ1v) is 4.25. The summed E-state index contributed by atoms with van der Waals surface area (Å²) in [4.78, 5) is 0. The number of hydrogen-bond donors (Lipinski definition) is 2. The normalized spacial score (nSPS) is 12.5. The molecule has 0 saturated heterocycles. The first-order valence-electron chi connectivity index (χ1n) is 4.25. The van der Waals surface area contributed by atoms with Crippen molar-refractivity contribution >= 4 is 0 Å². The number of rotatable bonds is 6. The lowest BCUT2D eigenvalue weighted by Gasteiger charge is -2.25. The lowest BCUT2D eigenvalue weighted by Crippen LogP contribution is -2.41. The second-order valence-electron chi connectivity index (χ2n) is 2.95. The zero-order valence-electron chi connectivity index (χ0n) is 7.61. The molecule has 0 aliphatic rings. The molecule has 0 amide bonds. The average Bonchev–Trinajstić information content (AvgIpc) is 2.03. The quantitative estimate of drug-likeness (QED) is 0.649. The van der Waals surface area contributed by atoms with Crippen LogP contribution < -0.4 is 5.32 Å². The van der Waals surface area contributed by atoms with Crippen molar-refractivity contribution in [1.82, 2.24) is 5.32 Å². The Labute approximate surface area is 72.0 Å². The zero-order valence-corrected chi connectivity index (χ0v) is 7.61. The lowest BCUT2D eigenvalue weighted by molar-refractivity contribution is 0.0279. The van der Waals surface area contributed by atoms with Crippen LogP contribution in [0, 0.1) is 0 Å². The van der Waals surface area contributed by atoms with E-state index >= 15 is 0 Å². The maximum Gasteiger partial charge on any atom is 0.250 e. The summed E-state index contributed by atoms with van der Waals surface area (Å²) in [7, 11) is 0. The Hall–Kier alpha value is -0.220. The molecule has 0 saturated carbocycles. The summed E-state index contributed by atoms with van der Waals surface area (Å²) < 4.78 is 23.3. The molecule has 74 valence electrons. The second kappa shape index (κ2) is 5.43. The number of nitrogens with one attached hydrogen (secondary N) is 1. The van der Waals surface area contributed by atoms with Crippen molar-refractivity contribution in [2.24, 2.45) is 0 Å². The van der Waals surface area contributed by atoms with E-state index in [1.54, 1.807) is 0 Å². The van der Waals surface area contributed by atoms with Gasteiger partial charge in [0.25, 0.3) is 6.43 Å². The van der Waals surface area contributed by atoms with E-state index in [9.17, 15) is 13.9 Å². The van der Waals surface area contributed by atoms with Crippen molar-refractivity contribution in [2.75, 3.05) is 13.1 Å². The summed E-state index contributed by atoms with van der Waals surface area (Å²) in [5.74, 6) is 0. The van der Waals surface area contributed by atoms with Crippen LogP contribution in [0.25, 0.3) is 0 Å². The third kappa shape index (κ3) is 4.62. The minimum atomic E-state index is -2.34. The standard InChI is InChI=1S/C8H17F2NO/c1-3-8(12,4-2)6-11-5-7(9)10/h7,11-12H,3-6H2,1-2H3. The first-order chi connectivity index (χ1) is 5.54. The van der Waals surface area contributed by atoms with E-state index in [1.165, 1.54) is 0 Å². The van der Waals surface area contributed by atoms with Crippen molar-refractivity contribution in [3.63, 3.8) is 0 Å². The summed E-state index contributed by atoms with van der Waals surface area (Å²) in [6.45, 7) is 3.58. The highest BCUT2D eigenvalue weighted by molar-refractivity contribution is 4.77. The fourth-order valence-corrected chi connectivity index (χ4v) is 0.914. The van der Waals surface area contributed by atoms with Gasteiger partial charge in [0.2, 0.25) is 0 Å². The first kappa shape index (κ1) is 11.8. The Morgan fingerprint density at radius 3 is 2.17 bits per heavy atom. The molecule has 0 fully saturated rings. The molecule has 0 heterocycles.